The van der Waals surface area contributed by atoms with Gasteiger partial charge in [-0.15, -0.1) is 0 Å². The standard InChI is InChI=1S/C20H18ClNO3/c1-25-19-10-7-15(12-18(19)13-3-2-4-16(21)11-13)20(23,24)14-5-8-17(22)9-6-14/h2-12,23-24H,22H2,1H3. The van der Waals surface area contributed by atoms with Crippen molar-refractivity contribution in [3.63, 3.8) is 0 Å². The minimum absolute atomic E-state index is 0.313. The van der Waals surface area contributed by atoms with Gasteiger partial charge in [-0.3, -0.25) is 0 Å². The van der Waals surface area contributed by atoms with Crippen LogP contribution in [0.25, 0.3) is 11.1 Å². The maximum atomic E-state index is 10.7. The number of nitrogens with two attached hydrogens (primary N) is 1. The molecular formula is C20H18ClNO3. The van der Waals surface area contributed by atoms with Crippen molar-refractivity contribution < 1.29 is 14.9 Å². The number of anilines is 1. The third-order valence-corrected chi connectivity index (χ3v) is 4.29. The van der Waals surface area contributed by atoms with Gasteiger partial charge in [0, 0.05) is 27.4 Å². The van der Waals surface area contributed by atoms with E-state index in [1.165, 1.54) is 0 Å². The van der Waals surface area contributed by atoms with E-state index in [4.69, 9.17) is 22.1 Å². The van der Waals surface area contributed by atoms with E-state index in [9.17, 15) is 10.2 Å². The molecule has 3 rings (SSSR count). The van der Waals surface area contributed by atoms with Crippen LogP contribution in [0.2, 0.25) is 5.02 Å². The molecule has 0 aliphatic rings. The maximum Gasteiger partial charge on any atom is 0.217 e. The number of aliphatic hydroxyl groups is 2. The number of benzene rings is 3. The van der Waals surface area contributed by atoms with E-state index in [0.717, 1.165) is 5.56 Å². The molecule has 0 spiro atoms. The smallest absolute Gasteiger partial charge is 0.217 e. The van der Waals surface area contributed by atoms with Crippen LogP contribution >= 0.6 is 11.6 Å². The Bertz CT molecular complexity index is 892. The molecule has 3 aromatic carbocycles. The zero-order valence-electron chi connectivity index (χ0n) is 13.6. The van der Waals surface area contributed by atoms with Gasteiger partial charge in [-0.05, 0) is 48.0 Å². The number of nitrogen functional groups attached to an aromatic ring is 1. The van der Waals surface area contributed by atoms with Crippen molar-refractivity contribution in [2.24, 2.45) is 0 Å². The van der Waals surface area contributed by atoms with Crippen LogP contribution < -0.4 is 10.5 Å². The minimum atomic E-state index is -2.16. The lowest BCUT2D eigenvalue weighted by molar-refractivity contribution is -0.132. The molecule has 0 atom stereocenters. The van der Waals surface area contributed by atoms with Crippen LogP contribution in [0.15, 0.2) is 66.7 Å². The van der Waals surface area contributed by atoms with E-state index in [2.05, 4.69) is 0 Å². The summed E-state index contributed by atoms with van der Waals surface area (Å²) in [5.41, 5.74) is 8.39. The van der Waals surface area contributed by atoms with Gasteiger partial charge in [0.15, 0.2) is 0 Å². The second-order valence-electron chi connectivity index (χ2n) is 5.72. The van der Waals surface area contributed by atoms with Crippen molar-refractivity contribution in [1.82, 2.24) is 0 Å². The van der Waals surface area contributed by atoms with Gasteiger partial charge < -0.3 is 20.7 Å². The van der Waals surface area contributed by atoms with E-state index in [-0.39, 0.29) is 0 Å². The monoisotopic (exact) mass is 355 g/mol. The van der Waals surface area contributed by atoms with Crippen molar-refractivity contribution in [3.05, 3.63) is 82.9 Å². The molecule has 0 radical (unpaired) electrons. The second kappa shape index (κ2) is 6.76. The van der Waals surface area contributed by atoms with Gasteiger partial charge in [0.05, 0.1) is 7.11 Å². The topological polar surface area (TPSA) is 75.7 Å². The summed E-state index contributed by atoms with van der Waals surface area (Å²) in [5, 5.41) is 22.0. The first kappa shape index (κ1) is 17.3. The normalized spacial score (nSPS) is 11.4. The number of methoxy groups -OCH3 is 1. The van der Waals surface area contributed by atoms with E-state index in [1.54, 1.807) is 61.7 Å². The van der Waals surface area contributed by atoms with Crippen LogP contribution in [0.4, 0.5) is 5.69 Å². The molecule has 5 heteroatoms. The fourth-order valence-corrected chi connectivity index (χ4v) is 2.88. The van der Waals surface area contributed by atoms with E-state index < -0.39 is 5.79 Å². The summed E-state index contributed by atoms with van der Waals surface area (Å²) < 4.78 is 5.41. The summed E-state index contributed by atoms with van der Waals surface area (Å²) >= 11 is 6.08. The molecule has 4 N–H and O–H groups in total. The predicted molar refractivity (Wildman–Crippen MR) is 99.5 cm³/mol. The van der Waals surface area contributed by atoms with Crippen molar-refractivity contribution in [3.8, 4) is 16.9 Å². The third kappa shape index (κ3) is 3.46. The van der Waals surface area contributed by atoms with Gasteiger partial charge in [-0.2, -0.15) is 0 Å². The Morgan fingerprint density at radius 2 is 1.60 bits per heavy atom. The Morgan fingerprint density at radius 3 is 2.24 bits per heavy atom. The molecule has 0 unspecified atom stereocenters. The number of rotatable bonds is 4. The molecule has 0 saturated heterocycles. The summed E-state index contributed by atoms with van der Waals surface area (Å²) in [5.74, 6) is -1.55. The number of hydrogen-bond donors (Lipinski definition) is 3. The molecule has 0 saturated carbocycles. The van der Waals surface area contributed by atoms with Crippen molar-refractivity contribution in [2.75, 3.05) is 12.8 Å². The predicted octanol–water partition coefficient (Wildman–Crippen LogP) is 3.78. The Hall–Kier alpha value is -2.53. The summed E-state index contributed by atoms with van der Waals surface area (Å²) in [7, 11) is 1.56. The van der Waals surface area contributed by atoms with Crippen LogP contribution in [0, 0.1) is 0 Å². The number of halogens is 1. The van der Waals surface area contributed by atoms with Gasteiger partial charge in [0.1, 0.15) is 5.75 Å². The molecule has 0 bridgehead atoms. The quantitative estimate of drug-likeness (QED) is 0.491. The largest absolute Gasteiger partial charge is 0.496 e. The molecule has 0 aromatic heterocycles. The average molecular weight is 356 g/mol. The van der Waals surface area contributed by atoms with Crippen molar-refractivity contribution in [2.45, 2.75) is 5.79 Å². The first-order valence-electron chi connectivity index (χ1n) is 7.67. The third-order valence-electron chi connectivity index (χ3n) is 4.05. The molecule has 0 amide bonds. The van der Waals surface area contributed by atoms with Gasteiger partial charge in [-0.1, -0.05) is 35.9 Å². The van der Waals surface area contributed by atoms with E-state index >= 15 is 0 Å². The Balaban J connectivity index is 2.11. The van der Waals surface area contributed by atoms with Gasteiger partial charge in [-0.25, -0.2) is 0 Å². The lowest BCUT2D eigenvalue weighted by Crippen LogP contribution is -2.26. The Morgan fingerprint density at radius 1 is 0.920 bits per heavy atom. The number of ether oxygens (including phenoxy) is 1. The van der Waals surface area contributed by atoms with E-state index in [1.807, 2.05) is 12.1 Å². The average Bonchev–Trinajstić information content (AvgIpc) is 2.61. The molecule has 0 aliphatic carbocycles. The lowest BCUT2D eigenvalue weighted by Gasteiger charge is -2.24. The van der Waals surface area contributed by atoms with E-state index in [0.29, 0.717) is 33.1 Å². The van der Waals surface area contributed by atoms with Crippen LogP contribution in [0.5, 0.6) is 5.75 Å². The zero-order valence-corrected chi connectivity index (χ0v) is 14.4. The highest BCUT2D eigenvalue weighted by molar-refractivity contribution is 6.30. The summed E-state index contributed by atoms with van der Waals surface area (Å²) in [6, 6.07) is 18.7. The SMILES string of the molecule is COc1ccc(C(O)(O)c2ccc(N)cc2)cc1-c1cccc(Cl)c1. The number of hydrogen-bond acceptors (Lipinski definition) is 4. The highest BCUT2D eigenvalue weighted by Crippen LogP contribution is 2.36. The Kier molecular flexibility index (Phi) is 4.68. The fourth-order valence-electron chi connectivity index (χ4n) is 2.69. The van der Waals surface area contributed by atoms with Gasteiger partial charge >= 0.3 is 0 Å². The van der Waals surface area contributed by atoms with Crippen LogP contribution in [-0.4, -0.2) is 17.3 Å². The highest BCUT2D eigenvalue weighted by Gasteiger charge is 2.29. The van der Waals surface area contributed by atoms with Crippen LogP contribution in [-0.2, 0) is 5.79 Å². The summed E-state index contributed by atoms with van der Waals surface area (Å²) in [6.45, 7) is 0. The molecule has 0 aliphatic heterocycles. The van der Waals surface area contributed by atoms with Crippen molar-refractivity contribution >= 4 is 17.3 Å². The molecule has 4 nitrogen and oxygen atoms in total. The molecule has 128 valence electrons. The molecule has 25 heavy (non-hydrogen) atoms. The van der Waals surface area contributed by atoms with Crippen LogP contribution in [0.3, 0.4) is 0 Å². The molecule has 3 aromatic rings. The summed E-state index contributed by atoms with van der Waals surface area (Å²) in [4.78, 5) is 0. The molecule has 0 heterocycles. The van der Waals surface area contributed by atoms with Gasteiger partial charge in [0.25, 0.3) is 0 Å². The maximum absolute atomic E-state index is 10.7. The summed E-state index contributed by atoms with van der Waals surface area (Å²) in [6.07, 6.45) is 0. The Labute approximate surface area is 151 Å². The first-order chi connectivity index (χ1) is 11.9. The fraction of sp³-hybridized carbons (Fsp3) is 0.100. The molecule has 0 fully saturated rings. The zero-order chi connectivity index (χ0) is 18.0. The van der Waals surface area contributed by atoms with Crippen LogP contribution in [0.1, 0.15) is 11.1 Å². The lowest BCUT2D eigenvalue weighted by atomic mass is 9.93. The highest BCUT2D eigenvalue weighted by atomic mass is 35.5. The first-order valence-corrected chi connectivity index (χ1v) is 8.05. The van der Waals surface area contributed by atoms with Crippen molar-refractivity contribution in [1.29, 1.82) is 0 Å². The molecular weight excluding hydrogens is 338 g/mol. The second-order valence-corrected chi connectivity index (χ2v) is 6.16. The minimum Gasteiger partial charge on any atom is -0.496 e. The van der Waals surface area contributed by atoms with Gasteiger partial charge in [0.2, 0.25) is 5.79 Å².